The molecule has 1 aliphatic rings. The molecule has 2 aromatic carbocycles. The number of piperazine rings is 1. The zero-order chi connectivity index (χ0) is 16.2. The molecule has 1 heterocycles. The van der Waals surface area contributed by atoms with Gasteiger partial charge in [0.05, 0.1) is 7.11 Å². The van der Waals surface area contributed by atoms with Crippen molar-refractivity contribution in [3.8, 4) is 5.75 Å². The predicted molar refractivity (Wildman–Crippen MR) is 91.9 cm³/mol. The number of ether oxygens (including phenoxy) is 1. The smallest absolute Gasteiger partial charge is 0.124 e. The molecule has 1 saturated heterocycles. The fourth-order valence-corrected chi connectivity index (χ4v) is 3.09. The first-order valence-electron chi connectivity index (χ1n) is 7.71. The van der Waals surface area contributed by atoms with Crippen molar-refractivity contribution >= 4 is 17.3 Å². The average Bonchev–Trinajstić information content (AvgIpc) is 2.58. The third-order valence-electron chi connectivity index (χ3n) is 4.20. The number of methoxy groups -OCH3 is 1. The lowest BCUT2D eigenvalue weighted by Gasteiger charge is -2.36. The highest BCUT2D eigenvalue weighted by atomic mass is 35.5. The highest BCUT2D eigenvalue weighted by molar-refractivity contribution is 6.31. The van der Waals surface area contributed by atoms with Crippen LogP contribution in [0.15, 0.2) is 42.5 Å². The van der Waals surface area contributed by atoms with Crippen molar-refractivity contribution in [3.05, 3.63) is 58.9 Å². The number of hydrogen-bond donors (Lipinski definition) is 0. The van der Waals surface area contributed by atoms with E-state index in [0.29, 0.717) is 5.02 Å². The molecule has 0 bridgehead atoms. The highest BCUT2D eigenvalue weighted by Gasteiger charge is 2.18. The summed E-state index contributed by atoms with van der Waals surface area (Å²) in [5, 5.41) is 0.500. The molecule has 0 saturated carbocycles. The SMILES string of the molecule is COc1cccc(N2CCN(Cc3ccc(F)cc3Cl)CC2)c1. The quantitative estimate of drug-likeness (QED) is 0.845. The van der Waals surface area contributed by atoms with Crippen molar-refractivity contribution in [2.24, 2.45) is 0 Å². The third-order valence-corrected chi connectivity index (χ3v) is 4.55. The Hall–Kier alpha value is -1.78. The fraction of sp³-hybridized carbons (Fsp3) is 0.333. The van der Waals surface area contributed by atoms with Gasteiger partial charge < -0.3 is 9.64 Å². The normalized spacial score (nSPS) is 15.7. The van der Waals surface area contributed by atoms with Gasteiger partial charge in [-0.25, -0.2) is 4.39 Å². The monoisotopic (exact) mass is 334 g/mol. The largest absolute Gasteiger partial charge is 0.497 e. The predicted octanol–water partition coefficient (Wildman–Crippen LogP) is 3.81. The van der Waals surface area contributed by atoms with Gasteiger partial charge in [0.15, 0.2) is 0 Å². The molecule has 2 aromatic rings. The van der Waals surface area contributed by atoms with Gasteiger partial charge in [-0.05, 0) is 29.8 Å². The van der Waals surface area contributed by atoms with Crippen LogP contribution in [0.25, 0.3) is 0 Å². The summed E-state index contributed by atoms with van der Waals surface area (Å²) < 4.78 is 18.4. The summed E-state index contributed by atoms with van der Waals surface area (Å²) in [4.78, 5) is 4.70. The molecule has 1 fully saturated rings. The molecule has 0 unspecified atom stereocenters. The van der Waals surface area contributed by atoms with E-state index in [2.05, 4.69) is 21.9 Å². The van der Waals surface area contributed by atoms with Gasteiger partial charge in [-0.3, -0.25) is 4.90 Å². The van der Waals surface area contributed by atoms with E-state index in [1.165, 1.54) is 17.8 Å². The van der Waals surface area contributed by atoms with Crippen LogP contribution in [0.4, 0.5) is 10.1 Å². The molecule has 1 aliphatic heterocycles. The molecular formula is C18H20ClFN2O. The van der Waals surface area contributed by atoms with E-state index in [1.807, 2.05) is 12.1 Å². The second-order valence-corrected chi connectivity index (χ2v) is 6.11. The number of nitrogens with zero attached hydrogens (tertiary/aromatic N) is 2. The molecule has 3 rings (SSSR count). The van der Waals surface area contributed by atoms with Gasteiger partial charge in [-0.2, -0.15) is 0 Å². The summed E-state index contributed by atoms with van der Waals surface area (Å²) in [6.07, 6.45) is 0. The van der Waals surface area contributed by atoms with Gasteiger partial charge in [-0.15, -0.1) is 0 Å². The van der Waals surface area contributed by atoms with Crippen molar-refractivity contribution in [3.63, 3.8) is 0 Å². The minimum Gasteiger partial charge on any atom is -0.497 e. The second-order valence-electron chi connectivity index (χ2n) is 5.70. The zero-order valence-corrected chi connectivity index (χ0v) is 13.9. The summed E-state index contributed by atoms with van der Waals surface area (Å²) in [5.41, 5.74) is 2.16. The van der Waals surface area contributed by atoms with E-state index in [4.69, 9.17) is 16.3 Å². The molecule has 3 nitrogen and oxygen atoms in total. The van der Waals surface area contributed by atoms with Crippen molar-refractivity contribution in [1.29, 1.82) is 0 Å². The fourth-order valence-electron chi connectivity index (χ4n) is 2.86. The molecular weight excluding hydrogens is 315 g/mol. The molecule has 0 aliphatic carbocycles. The molecule has 23 heavy (non-hydrogen) atoms. The Morgan fingerprint density at radius 1 is 1.09 bits per heavy atom. The standard InChI is InChI=1S/C18H20ClFN2O/c1-23-17-4-2-3-16(12-17)22-9-7-21(8-10-22)13-14-5-6-15(20)11-18(14)19/h2-6,11-12H,7-10,13H2,1H3. The molecule has 0 N–H and O–H groups in total. The van der Waals surface area contributed by atoms with Crippen LogP contribution in [0.5, 0.6) is 5.75 Å². The topological polar surface area (TPSA) is 15.7 Å². The Balaban J connectivity index is 1.59. The van der Waals surface area contributed by atoms with Crippen LogP contribution in [0, 0.1) is 5.82 Å². The van der Waals surface area contributed by atoms with E-state index < -0.39 is 0 Å². The lowest BCUT2D eigenvalue weighted by molar-refractivity contribution is 0.250. The van der Waals surface area contributed by atoms with E-state index in [9.17, 15) is 4.39 Å². The van der Waals surface area contributed by atoms with Crippen molar-refractivity contribution < 1.29 is 9.13 Å². The molecule has 5 heteroatoms. The maximum Gasteiger partial charge on any atom is 0.124 e. The van der Waals surface area contributed by atoms with Gasteiger partial charge in [0, 0.05) is 49.5 Å². The number of hydrogen-bond acceptors (Lipinski definition) is 3. The molecule has 0 spiro atoms. The Bertz CT molecular complexity index is 672. The molecule has 0 aromatic heterocycles. The van der Waals surface area contributed by atoms with Crippen LogP contribution in [0.1, 0.15) is 5.56 Å². The Kier molecular flexibility index (Phi) is 5.03. The highest BCUT2D eigenvalue weighted by Crippen LogP contribution is 2.23. The summed E-state index contributed by atoms with van der Waals surface area (Å²) in [7, 11) is 1.68. The minimum absolute atomic E-state index is 0.290. The van der Waals surface area contributed by atoms with Crippen molar-refractivity contribution in [1.82, 2.24) is 4.90 Å². The lowest BCUT2D eigenvalue weighted by Crippen LogP contribution is -2.46. The van der Waals surface area contributed by atoms with E-state index >= 15 is 0 Å². The van der Waals surface area contributed by atoms with Crippen molar-refractivity contribution in [2.75, 3.05) is 38.2 Å². The number of halogens is 2. The van der Waals surface area contributed by atoms with Crippen molar-refractivity contribution in [2.45, 2.75) is 6.54 Å². The van der Waals surface area contributed by atoms with Crippen LogP contribution in [0.2, 0.25) is 5.02 Å². The maximum absolute atomic E-state index is 13.1. The Morgan fingerprint density at radius 2 is 1.87 bits per heavy atom. The molecule has 0 atom stereocenters. The summed E-state index contributed by atoms with van der Waals surface area (Å²) in [6.45, 7) is 4.55. The van der Waals surface area contributed by atoms with E-state index in [0.717, 1.165) is 44.0 Å². The molecule has 0 radical (unpaired) electrons. The van der Waals surface area contributed by atoms with Crippen LogP contribution in [0.3, 0.4) is 0 Å². The van der Waals surface area contributed by atoms with Crippen LogP contribution in [-0.2, 0) is 6.54 Å². The minimum atomic E-state index is -0.290. The summed E-state index contributed by atoms with van der Waals surface area (Å²) in [6, 6.07) is 12.7. The van der Waals surface area contributed by atoms with E-state index in [-0.39, 0.29) is 5.82 Å². The number of rotatable bonds is 4. The second kappa shape index (κ2) is 7.20. The maximum atomic E-state index is 13.1. The van der Waals surface area contributed by atoms with Crippen LogP contribution < -0.4 is 9.64 Å². The molecule has 0 amide bonds. The van der Waals surface area contributed by atoms with Gasteiger partial charge in [0.25, 0.3) is 0 Å². The molecule has 122 valence electrons. The number of anilines is 1. The first kappa shape index (κ1) is 16.1. The first-order valence-corrected chi connectivity index (χ1v) is 8.09. The number of benzene rings is 2. The zero-order valence-electron chi connectivity index (χ0n) is 13.1. The summed E-state index contributed by atoms with van der Waals surface area (Å²) >= 11 is 6.12. The van der Waals surface area contributed by atoms with Gasteiger partial charge in [0.1, 0.15) is 11.6 Å². The van der Waals surface area contributed by atoms with Gasteiger partial charge in [-0.1, -0.05) is 23.7 Å². The summed E-state index contributed by atoms with van der Waals surface area (Å²) in [5.74, 6) is 0.588. The van der Waals surface area contributed by atoms with Gasteiger partial charge >= 0.3 is 0 Å². The lowest BCUT2D eigenvalue weighted by atomic mass is 10.2. The van der Waals surface area contributed by atoms with Gasteiger partial charge in [0.2, 0.25) is 0 Å². The Morgan fingerprint density at radius 3 is 2.57 bits per heavy atom. The third kappa shape index (κ3) is 3.95. The first-order chi connectivity index (χ1) is 11.2. The van der Waals surface area contributed by atoms with E-state index in [1.54, 1.807) is 13.2 Å². The Labute approximate surface area is 141 Å². The average molecular weight is 335 g/mol. The van der Waals surface area contributed by atoms with Crippen LogP contribution >= 0.6 is 11.6 Å². The van der Waals surface area contributed by atoms with Crippen LogP contribution in [-0.4, -0.2) is 38.2 Å².